The first-order valence-electron chi connectivity index (χ1n) is 11.8. The van der Waals surface area contributed by atoms with Crippen LogP contribution in [0, 0.1) is 11.8 Å². The van der Waals surface area contributed by atoms with Gasteiger partial charge in [0.15, 0.2) is 5.78 Å². The second kappa shape index (κ2) is 10.0. The van der Waals surface area contributed by atoms with Gasteiger partial charge in [0.05, 0.1) is 22.9 Å². The van der Waals surface area contributed by atoms with E-state index in [9.17, 15) is 24.3 Å². The zero-order valence-corrected chi connectivity index (χ0v) is 21.5. The summed E-state index contributed by atoms with van der Waals surface area (Å²) in [4.78, 5) is 56.7. The van der Waals surface area contributed by atoms with Gasteiger partial charge in [0, 0.05) is 24.6 Å². The molecule has 0 spiro atoms. The number of carbonyl (C=O) groups excluding carboxylic acids is 4. The molecule has 194 valence electrons. The highest BCUT2D eigenvalue weighted by atomic mass is 32.1. The Morgan fingerprint density at radius 3 is 2.53 bits per heavy atom. The summed E-state index contributed by atoms with van der Waals surface area (Å²) in [5, 5.41) is 10.2. The molecule has 1 amide bonds. The van der Waals surface area contributed by atoms with Gasteiger partial charge in [-0.15, -0.1) is 11.3 Å². The lowest BCUT2D eigenvalue weighted by atomic mass is 9.77. The average Bonchev–Trinajstić information content (AvgIpc) is 3.46. The molecule has 11 nitrogen and oxygen atoms in total. The topological polar surface area (TPSA) is 137 Å². The van der Waals surface area contributed by atoms with Crippen molar-refractivity contribution in [2.75, 3.05) is 6.79 Å². The number of esters is 1. The van der Waals surface area contributed by atoms with Gasteiger partial charge in [-0.05, 0) is 19.8 Å². The zero-order chi connectivity index (χ0) is 26.3. The van der Waals surface area contributed by atoms with E-state index in [1.165, 1.54) is 29.5 Å². The van der Waals surface area contributed by atoms with Crippen LogP contribution in [-0.2, 0) is 23.8 Å². The molecule has 2 aliphatic rings. The Balaban J connectivity index is 1.62. The standard InChI is InChI=1S/C24H29N3O8S/c1-6-14(7-2)35-24(32)34-10-33-23(31)20-16(11(3)19-17(12(4)28)21(30)27(19)20)15-8-26-9-25-18(13(5)29)22(26)36-15/h8-9,11-12,14,17,19,28H,6-7,10H2,1-5H3/t11-,12+,17+,19+/m0/s1. The van der Waals surface area contributed by atoms with Crippen LogP contribution in [0.25, 0.3) is 10.4 Å². The van der Waals surface area contributed by atoms with E-state index < -0.39 is 37.0 Å². The Labute approximate surface area is 211 Å². The molecule has 0 bridgehead atoms. The Bertz CT molecular complexity index is 1240. The van der Waals surface area contributed by atoms with Gasteiger partial charge in [0.2, 0.25) is 12.7 Å². The maximum Gasteiger partial charge on any atom is 0.511 e. The number of rotatable bonds is 9. The van der Waals surface area contributed by atoms with Gasteiger partial charge >= 0.3 is 12.1 Å². The van der Waals surface area contributed by atoms with Crippen molar-refractivity contribution in [3.63, 3.8) is 0 Å². The van der Waals surface area contributed by atoms with Crippen LogP contribution in [0.5, 0.6) is 0 Å². The molecule has 0 aromatic carbocycles. The first kappa shape index (κ1) is 25.8. The number of fused-ring (bicyclic) bond motifs is 2. The molecule has 12 heteroatoms. The minimum absolute atomic E-state index is 0.0354. The quantitative estimate of drug-likeness (QED) is 0.229. The number of hydrogen-bond acceptors (Lipinski definition) is 10. The summed E-state index contributed by atoms with van der Waals surface area (Å²) in [7, 11) is 0. The largest absolute Gasteiger partial charge is 0.511 e. The Morgan fingerprint density at radius 1 is 1.22 bits per heavy atom. The normalized spacial score (nSPS) is 22.0. The number of β-lactam (4-membered cyclic amide) rings is 1. The lowest BCUT2D eigenvalue weighted by molar-refractivity contribution is -0.166. The second-order valence-electron chi connectivity index (χ2n) is 8.97. The fourth-order valence-electron chi connectivity index (χ4n) is 4.87. The highest BCUT2D eigenvalue weighted by Crippen LogP contribution is 2.51. The summed E-state index contributed by atoms with van der Waals surface area (Å²) in [5.41, 5.74) is 0.907. The third kappa shape index (κ3) is 4.28. The first-order chi connectivity index (χ1) is 17.1. The van der Waals surface area contributed by atoms with Gasteiger partial charge in [-0.1, -0.05) is 20.8 Å². The van der Waals surface area contributed by atoms with Crippen molar-refractivity contribution in [2.24, 2.45) is 11.8 Å². The minimum atomic E-state index is -0.949. The molecule has 0 aliphatic carbocycles. The minimum Gasteiger partial charge on any atom is -0.431 e. The molecule has 4 rings (SSSR count). The molecule has 36 heavy (non-hydrogen) atoms. The van der Waals surface area contributed by atoms with Crippen LogP contribution >= 0.6 is 11.3 Å². The van der Waals surface area contributed by atoms with E-state index in [1.807, 2.05) is 20.8 Å². The Kier molecular flexibility index (Phi) is 7.19. The van der Waals surface area contributed by atoms with Gasteiger partial charge in [-0.25, -0.2) is 14.6 Å². The summed E-state index contributed by atoms with van der Waals surface area (Å²) in [6, 6.07) is -0.428. The number of thiazole rings is 1. The number of carbonyl (C=O) groups is 4. The molecule has 1 saturated heterocycles. The lowest BCUT2D eigenvalue weighted by Crippen LogP contribution is -2.63. The maximum absolute atomic E-state index is 13.2. The van der Waals surface area contributed by atoms with Gasteiger partial charge in [-0.3, -0.25) is 14.0 Å². The molecular formula is C24H29N3O8S. The van der Waals surface area contributed by atoms with E-state index in [1.54, 1.807) is 17.5 Å². The molecule has 2 aromatic rings. The van der Waals surface area contributed by atoms with Crippen LogP contribution in [0.15, 0.2) is 18.2 Å². The van der Waals surface area contributed by atoms with Gasteiger partial charge in [0.25, 0.3) is 0 Å². The number of ether oxygens (including phenoxy) is 3. The molecule has 2 aromatic heterocycles. The highest BCUT2D eigenvalue weighted by Gasteiger charge is 2.60. The molecule has 4 heterocycles. The summed E-state index contributed by atoms with van der Waals surface area (Å²) >= 11 is 1.27. The van der Waals surface area contributed by atoms with Crippen molar-refractivity contribution in [2.45, 2.75) is 65.7 Å². The fourth-order valence-corrected chi connectivity index (χ4v) is 6.14. The fraction of sp³-hybridized carbons (Fsp3) is 0.542. The number of Topliss-reactive ketones (excluding diaryl/α,β-unsaturated/α-hetero) is 1. The number of imidazole rings is 1. The van der Waals surface area contributed by atoms with Crippen LogP contribution in [0.3, 0.4) is 0 Å². The third-order valence-corrected chi connectivity index (χ3v) is 7.86. The van der Waals surface area contributed by atoms with E-state index in [0.29, 0.717) is 33.8 Å². The second-order valence-corrected chi connectivity index (χ2v) is 10.0. The van der Waals surface area contributed by atoms with Crippen molar-refractivity contribution in [1.29, 1.82) is 0 Å². The molecule has 4 atom stereocenters. The number of nitrogens with zero attached hydrogens (tertiary/aromatic N) is 3. The van der Waals surface area contributed by atoms with E-state index in [2.05, 4.69) is 4.98 Å². The van der Waals surface area contributed by atoms with E-state index in [0.717, 1.165) is 0 Å². The van der Waals surface area contributed by atoms with Crippen LogP contribution in [0.1, 0.15) is 62.8 Å². The van der Waals surface area contributed by atoms with Crippen LogP contribution in [-0.4, -0.2) is 68.2 Å². The molecule has 0 radical (unpaired) electrons. The highest BCUT2D eigenvalue weighted by molar-refractivity contribution is 7.18. The maximum atomic E-state index is 13.2. The van der Waals surface area contributed by atoms with Crippen molar-refractivity contribution >= 4 is 45.6 Å². The number of aliphatic hydroxyl groups excluding tert-OH is 1. The summed E-state index contributed by atoms with van der Waals surface area (Å²) in [5.74, 6) is -2.37. The van der Waals surface area contributed by atoms with Gasteiger partial charge in [-0.2, -0.15) is 0 Å². The van der Waals surface area contributed by atoms with E-state index >= 15 is 0 Å². The molecule has 0 unspecified atom stereocenters. The predicted molar refractivity (Wildman–Crippen MR) is 128 cm³/mol. The molecule has 1 N–H and O–H groups in total. The number of amides is 1. The van der Waals surface area contributed by atoms with Crippen molar-refractivity contribution in [3.8, 4) is 0 Å². The molecule has 0 saturated carbocycles. The van der Waals surface area contributed by atoms with Crippen molar-refractivity contribution in [3.05, 3.63) is 28.8 Å². The molecule has 1 fully saturated rings. The van der Waals surface area contributed by atoms with Crippen LogP contribution in [0.4, 0.5) is 4.79 Å². The Morgan fingerprint density at radius 2 is 1.92 bits per heavy atom. The zero-order valence-electron chi connectivity index (χ0n) is 20.7. The smallest absolute Gasteiger partial charge is 0.431 e. The molecular weight excluding hydrogens is 490 g/mol. The molecule has 2 aliphatic heterocycles. The van der Waals surface area contributed by atoms with Crippen molar-refractivity contribution in [1.82, 2.24) is 14.3 Å². The summed E-state index contributed by atoms with van der Waals surface area (Å²) in [6.45, 7) is 7.91. The number of ketones is 1. The van der Waals surface area contributed by atoms with Gasteiger partial charge < -0.3 is 24.2 Å². The van der Waals surface area contributed by atoms with E-state index in [4.69, 9.17) is 14.2 Å². The monoisotopic (exact) mass is 519 g/mol. The van der Waals surface area contributed by atoms with Gasteiger partial charge in [0.1, 0.15) is 28.7 Å². The lowest BCUT2D eigenvalue weighted by Gasteiger charge is -2.46. The number of aromatic nitrogens is 2. The van der Waals surface area contributed by atoms with Crippen LogP contribution in [0.2, 0.25) is 0 Å². The summed E-state index contributed by atoms with van der Waals surface area (Å²) < 4.78 is 16.9. The SMILES string of the molecule is CCC(CC)OC(=O)OCOC(=O)C1=C(c2cn3cnc(C(C)=O)c3s2)[C@H](C)[C@@H]2[C@@H]([C@@H](C)O)C(=O)N12. The first-order valence-corrected chi connectivity index (χ1v) is 12.7. The van der Waals surface area contributed by atoms with Crippen molar-refractivity contribution < 1.29 is 38.5 Å². The Hall–Kier alpha value is -3.25. The van der Waals surface area contributed by atoms with Crippen LogP contribution < -0.4 is 0 Å². The van der Waals surface area contributed by atoms with E-state index in [-0.39, 0.29) is 29.4 Å². The third-order valence-electron chi connectivity index (χ3n) is 6.72. The number of aliphatic hydroxyl groups is 1. The summed E-state index contributed by atoms with van der Waals surface area (Å²) in [6.07, 6.45) is 2.37. The number of hydrogen-bond donors (Lipinski definition) is 1. The average molecular weight is 520 g/mol. The predicted octanol–water partition coefficient (Wildman–Crippen LogP) is 3.01.